The molecule has 1 saturated heterocycles. The largest absolute Gasteiger partial charge is 0.507 e. The Labute approximate surface area is 208 Å². The fourth-order valence-corrected chi connectivity index (χ4v) is 4.38. The van der Waals surface area contributed by atoms with Crippen molar-refractivity contribution >= 4 is 17.4 Å². The molecule has 0 radical (unpaired) electrons. The van der Waals surface area contributed by atoms with E-state index in [1.807, 2.05) is 12.1 Å². The molecule has 3 aromatic rings. The highest BCUT2D eigenvalue weighted by atomic mass is 19.1. The van der Waals surface area contributed by atoms with E-state index in [1.54, 1.807) is 37.4 Å². The average Bonchev–Trinajstić information content (AvgIpc) is 3.16. The van der Waals surface area contributed by atoms with Crippen molar-refractivity contribution in [2.24, 2.45) is 0 Å². The van der Waals surface area contributed by atoms with E-state index in [2.05, 4.69) is 0 Å². The number of halogens is 1. The molecule has 1 fully saturated rings. The fraction of sp³-hybridized carbons (Fsp3) is 0.214. The van der Waals surface area contributed by atoms with Crippen LogP contribution < -0.4 is 14.2 Å². The summed E-state index contributed by atoms with van der Waals surface area (Å²) in [6, 6.07) is 16.6. The molecular weight excluding hydrogens is 465 g/mol. The molecule has 0 spiro atoms. The first-order chi connectivity index (χ1) is 17.4. The average molecular weight is 492 g/mol. The minimum atomic E-state index is -0.897. The Morgan fingerprint density at radius 3 is 2.22 bits per heavy atom. The molecule has 7 nitrogen and oxygen atoms in total. The quantitative estimate of drug-likeness (QED) is 0.283. The number of amides is 1. The second-order valence-electron chi connectivity index (χ2n) is 8.18. The molecule has 0 bridgehead atoms. The number of hydrogen-bond acceptors (Lipinski definition) is 6. The van der Waals surface area contributed by atoms with Crippen LogP contribution in [0, 0.1) is 5.82 Å². The number of aliphatic hydroxyl groups is 1. The molecule has 0 aromatic heterocycles. The van der Waals surface area contributed by atoms with Crippen LogP contribution in [0.25, 0.3) is 5.76 Å². The van der Waals surface area contributed by atoms with Gasteiger partial charge < -0.3 is 24.2 Å². The van der Waals surface area contributed by atoms with Crippen LogP contribution >= 0.6 is 0 Å². The van der Waals surface area contributed by atoms with Crippen molar-refractivity contribution in [3.8, 4) is 17.2 Å². The number of nitrogens with zero attached hydrogens (tertiary/aromatic N) is 1. The molecule has 1 atom stereocenters. The molecule has 1 heterocycles. The lowest BCUT2D eigenvalue weighted by molar-refractivity contribution is -0.139. The second kappa shape index (κ2) is 10.5. The van der Waals surface area contributed by atoms with Crippen LogP contribution in [0.15, 0.2) is 72.3 Å². The number of benzene rings is 3. The van der Waals surface area contributed by atoms with Gasteiger partial charge in [-0.25, -0.2) is 4.39 Å². The molecule has 186 valence electrons. The van der Waals surface area contributed by atoms with Gasteiger partial charge in [0.05, 0.1) is 32.9 Å². The molecule has 0 aliphatic carbocycles. The zero-order valence-corrected chi connectivity index (χ0v) is 20.2. The van der Waals surface area contributed by atoms with Gasteiger partial charge in [-0.05, 0) is 54.4 Å². The predicted molar refractivity (Wildman–Crippen MR) is 132 cm³/mol. The SMILES string of the molecule is COc1ccc(CCN2C(=O)C(=O)C(=C(O)c3ccc(F)cc3)[C@H]2c2ccccc2OC)cc1OC. The summed E-state index contributed by atoms with van der Waals surface area (Å²) in [6.07, 6.45) is 0.412. The zero-order valence-electron chi connectivity index (χ0n) is 20.2. The Balaban J connectivity index is 1.77. The number of aliphatic hydroxyl groups excluding tert-OH is 1. The third-order valence-corrected chi connectivity index (χ3v) is 6.18. The number of likely N-dealkylation sites (tertiary alicyclic amines) is 1. The van der Waals surface area contributed by atoms with Crippen LogP contribution in [0.3, 0.4) is 0 Å². The second-order valence-corrected chi connectivity index (χ2v) is 8.18. The number of ether oxygens (including phenoxy) is 3. The maximum Gasteiger partial charge on any atom is 0.295 e. The lowest BCUT2D eigenvalue weighted by Crippen LogP contribution is -2.31. The molecule has 3 aromatic carbocycles. The first-order valence-corrected chi connectivity index (χ1v) is 11.3. The monoisotopic (exact) mass is 491 g/mol. The van der Waals surface area contributed by atoms with Gasteiger partial charge in [-0.1, -0.05) is 24.3 Å². The summed E-state index contributed by atoms with van der Waals surface area (Å²) in [5.74, 6) is -0.827. The van der Waals surface area contributed by atoms with E-state index in [0.717, 1.165) is 5.56 Å². The number of carbonyl (C=O) groups excluding carboxylic acids is 2. The summed E-state index contributed by atoms with van der Waals surface area (Å²) >= 11 is 0. The maximum absolute atomic E-state index is 13.5. The smallest absolute Gasteiger partial charge is 0.295 e. The molecule has 1 N–H and O–H groups in total. The Hall–Kier alpha value is -4.33. The standard InChI is InChI=1S/C28H26FNO6/c1-34-21-7-5-4-6-20(21)25-24(26(31)18-9-11-19(29)12-10-18)27(32)28(33)30(25)15-14-17-8-13-22(35-2)23(16-17)36-3/h4-13,16,25,31H,14-15H2,1-3H3/t25-/m1/s1. The van der Waals surface area contributed by atoms with Crippen LogP contribution in [-0.2, 0) is 16.0 Å². The summed E-state index contributed by atoms with van der Waals surface area (Å²) in [6.45, 7) is 0.184. The molecule has 0 unspecified atom stereocenters. The Morgan fingerprint density at radius 1 is 0.889 bits per heavy atom. The molecule has 0 saturated carbocycles. The number of Topliss-reactive ketones (excluding diaryl/α,β-unsaturated/α-hetero) is 1. The van der Waals surface area contributed by atoms with Crippen molar-refractivity contribution in [3.05, 3.63) is 94.8 Å². The molecular formula is C28H26FNO6. The Kier molecular flexibility index (Phi) is 7.24. The number of methoxy groups -OCH3 is 3. The van der Waals surface area contributed by atoms with Gasteiger partial charge in [0.15, 0.2) is 11.5 Å². The molecule has 1 amide bonds. The highest BCUT2D eigenvalue weighted by molar-refractivity contribution is 6.46. The zero-order chi connectivity index (χ0) is 25.8. The molecule has 8 heteroatoms. The van der Waals surface area contributed by atoms with E-state index < -0.39 is 23.5 Å². The van der Waals surface area contributed by atoms with E-state index in [4.69, 9.17) is 14.2 Å². The van der Waals surface area contributed by atoms with Crippen molar-refractivity contribution in [1.82, 2.24) is 4.90 Å². The molecule has 4 rings (SSSR count). The Bertz CT molecular complexity index is 1320. The van der Waals surface area contributed by atoms with Crippen LogP contribution in [-0.4, -0.2) is 49.6 Å². The molecule has 36 heavy (non-hydrogen) atoms. The van der Waals surface area contributed by atoms with Crippen molar-refractivity contribution in [2.45, 2.75) is 12.5 Å². The predicted octanol–water partition coefficient (Wildman–Crippen LogP) is 4.52. The van der Waals surface area contributed by atoms with Crippen LogP contribution in [0.1, 0.15) is 22.7 Å². The normalized spacial score (nSPS) is 16.8. The summed E-state index contributed by atoms with van der Waals surface area (Å²) in [5.41, 5.74) is 1.57. The highest BCUT2D eigenvalue weighted by Crippen LogP contribution is 2.42. The van der Waals surface area contributed by atoms with Crippen molar-refractivity contribution in [1.29, 1.82) is 0 Å². The van der Waals surface area contributed by atoms with Crippen molar-refractivity contribution < 1.29 is 33.3 Å². The van der Waals surface area contributed by atoms with E-state index in [9.17, 15) is 19.1 Å². The lowest BCUT2D eigenvalue weighted by Gasteiger charge is -2.26. The van der Waals surface area contributed by atoms with E-state index in [0.29, 0.717) is 29.2 Å². The molecule has 1 aliphatic heterocycles. The van der Waals surface area contributed by atoms with Gasteiger partial charge in [0.1, 0.15) is 17.3 Å². The minimum absolute atomic E-state index is 0.0802. The number of rotatable bonds is 8. The van der Waals surface area contributed by atoms with E-state index in [1.165, 1.54) is 43.4 Å². The maximum atomic E-state index is 13.5. The number of ketones is 1. The summed E-state index contributed by atoms with van der Waals surface area (Å²) < 4.78 is 29.6. The van der Waals surface area contributed by atoms with Gasteiger partial charge in [0.25, 0.3) is 11.7 Å². The topological polar surface area (TPSA) is 85.3 Å². The lowest BCUT2D eigenvalue weighted by atomic mass is 9.94. The van der Waals surface area contributed by atoms with Gasteiger partial charge in [0, 0.05) is 17.7 Å². The minimum Gasteiger partial charge on any atom is -0.507 e. The van der Waals surface area contributed by atoms with Gasteiger partial charge >= 0.3 is 0 Å². The van der Waals surface area contributed by atoms with Crippen molar-refractivity contribution in [2.75, 3.05) is 27.9 Å². The molecule has 1 aliphatic rings. The summed E-state index contributed by atoms with van der Waals surface area (Å²) in [5, 5.41) is 11.1. The van der Waals surface area contributed by atoms with Gasteiger partial charge in [0.2, 0.25) is 0 Å². The highest BCUT2D eigenvalue weighted by Gasteiger charge is 2.46. The van der Waals surface area contributed by atoms with Crippen LogP contribution in [0.2, 0.25) is 0 Å². The first-order valence-electron chi connectivity index (χ1n) is 11.3. The number of para-hydroxylation sites is 1. The van der Waals surface area contributed by atoms with E-state index >= 15 is 0 Å². The number of hydrogen-bond donors (Lipinski definition) is 1. The van der Waals surface area contributed by atoms with Crippen LogP contribution in [0.4, 0.5) is 4.39 Å². The van der Waals surface area contributed by atoms with Crippen molar-refractivity contribution in [3.63, 3.8) is 0 Å². The Morgan fingerprint density at radius 2 is 1.56 bits per heavy atom. The number of carbonyl (C=O) groups is 2. The van der Waals surface area contributed by atoms with E-state index in [-0.39, 0.29) is 23.4 Å². The first kappa shape index (κ1) is 24.8. The van der Waals surface area contributed by atoms with Gasteiger partial charge in [-0.2, -0.15) is 0 Å². The third-order valence-electron chi connectivity index (χ3n) is 6.18. The van der Waals surface area contributed by atoms with Crippen LogP contribution in [0.5, 0.6) is 17.2 Å². The summed E-state index contributed by atoms with van der Waals surface area (Å²) in [7, 11) is 4.58. The third kappa shape index (κ3) is 4.62. The van der Waals surface area contributed by atoms with Gasteiger partial charge in [-0.3, -0.25) is 9.59 Å². The van der Waals surface area contributed by atoms with Gasteiger partial charge in [-0.15, -0.1) is 0 Å². The summed E-state index contributed by atoms with van der Waals surface area (Å²) in [4.78, 5) is 27.9. The fourth-order valence-electron chi connectivity index (χ4n) is 4.38.